The standard InChI is InChI=1S/C16H24N2O2S/c1-10-8-15(17)12(3)16(11(10)2)21(19,20)18(14-6-7-14)9-13-4-5-13/h8,13-14H,4-7,9,17H2,1-3H3. The molecule has 1 aromatic rings. The zero-order chi connectivity index (χ0) is 15.4. The van der Waals surface area contributed by atoms with Crippen molar-refractivity contribution in [2.75, 3.05) is 12.3 Å². The number of hydrogen-bond acceptors (Lipinski definition) is 3. The van der Waals surface area contributed by atoms with Gasteiger partial charge in [0.1, 0.15) is 0 Å². The average Bonchev–Trinajstić information content (AvgIpc) is 3.25. The van der Waals surface area contributed by atoms with E-state index in [4.69, 9.17) is 5.73 Å². The number of nitrogen functional groups attached to an aromatic ring is 1. The van der Waals surface area contributed by atoms with Crippen LogP contribution in [0.4, 0.5) is 5.69 Å². The van der Waals surface area contributed by atoms with Crippen molar-refractivity contribution < 1.29 is 8.42 Å². The van der Waals surface area contributed by atoms with E-state index in [-0.39, 0.29) is 6.04 Å². The predicted octanol–water partition coefficient (Wildman–Crippen LogP) is 2.76. The summed E-state index contributed by atoms with van der Waals surface area (Å²) in [7, 11) is -3.45. The minimum atomic E-state index is -3.45. The molecule has 3 rings (SSSR count). The second-order valence-electron chi connectivity index (χ2n) is 6.61. The molecule has 0 aromatic heterocycles. The second-order valence-corrected chi connectivity index (χ2v) is 8.44. The van der Waals surface area contributed by atoms with Gasteiger partial charge in [0.25, 0.3) is 0 Å². The SMILES string of the molecule is Cc1cc(N)c(C)c(S(=O)(=O)N(CC2CC2)C2CC2)c1C. The van der Waals surface area contributed by atoms with Crippen molar-refractivity contribution >= 4 is 15.7 Å². The van der Waals surface area contributed by atoms with Crippen LogP contribution in [0.5, 0.6) is 0 Å². The first-order chi connectivity index (χ1) is 9.82. The van der Waals surface area contributed by atoms with Gasteiger partial charge >= 0.3 is 0 Å². The fraction of sp³-hybridized carbons (Fsp3) is 0.625. The molecule has 5 heteroatoms. The molecule has 0 aliphatic heterocycles. The summed E-state index contributed by atoms with van der Waals surface area (Å²) < 4.78 is 28.1. The highest BCUT2D eigenvalue weighted by Gasteiger charge is 2.42. The van der Waals surface area contributed by atoms with Gasteiger partial charge in [-0.2, -0.15) is 4.31 Å². The number of nitrogens with two attached hydrogens (primary N) is 1. The van der Waals surface area contributed by atoms with Crippen molar-refractivity contribution in [3.63, 3.8) is 0 Å². The highest BCUT2D eigenvalue weighted by atomic mass is 32.2. The summed E-state index contributed by atoms with van der Waals surface area (Å²) in [6.45, 7) is 6.31. The maximum atomic E-state index is 13.2. The first kappa shape index (κ1) is 14.9. The van der Waals surface area contributed by atoms with E-state index >= 15 is 0 Å². The molecular formula is C16H24N2O2S. The number of anilines is 1. The van der Waals surface area contributed by atoms with Gasteiger partial charge in [-0.25, -0.2) is 8.42 Å². The third-order valence-corrected chi connectivity index (χ3v) is 6.93. The molecule has 2 aliphatic rings. The van der Waals surface area contributed by atoms with Crippen molar-refractivity contribution in [2.45, 2.75) is 57.4 Å². The first-order valence-corrected chi connectivity index (χ1v) is 9.14. The Balaban J connectivity index is 2.08. The van der Waals surface area contributed by atoms with Gasteiger partial charge in [0.2, 0.25) is 10.0 Å². The molecule has 1 aromatic carbocycles. The third-order valence-electron chi connectivity index (χ3n) is 4.73. The molecule has 2 aliphatic carbocycles. The minimum Gasteiger partial charge on any atom is -0.398 e. The number of benzene rings is 1. The van der Waals surface area contributed by atoms with Crippen LogP contribution in [0.15, 0.2) is 11.0 Å². The number of nitrogens with zero attached hydrogens (tertiary/aromatic N) is 1. The fourth-order valence-corrected chi connectivity index (χ4v) is 5.20. The van der Waals surface area contributed by atoms with Gasteiger partial charge in [0.15, 0.2) is 0 Å². The summed E-state index contributed by atoms with van der Waals surface area (Å²) in [6.07, 6.45) is 4.30. The van der Waals surface area contributed by atoms with Crippen LogP contribution in [0.25, 0.3) is 0 Å². The summed E-state index contributed by atoms with van der Waals surface area (Å²) in [5.41, 5.74) is 9.05. The summed E-state index contributed by atoms with van der Waals surface area (Å²) >= 11 is 0. The average molecular weight is 308 g/mol. The maximum absolute atomic E-state index is 13.2. The lowest BCUT2D eigenvalue weighted by Gasteiger charge is -2.25. The monoisotopic (exact) mass is 308 g/mol. The molecule has 21 heavy (non-hydrogen) atoms. The molecule has 2 N–H and O–H groups in total. The molecule has 2 saturated carbocycles. The highest BCUT2D eigenvalue weighted by Crippen LogP contribution is 2.40. The molecule has 2 fully saturated rings. The van der Waals surface area contributed by atoms with E-state index < -0.39 is 10.0 Å². The lowest BCUT2D eigenvalue weighted by atomic mass is 10.1. The Morgan fingerprint density at radius 3 is 2.29 bits per heavy atom. The Labute approximate surface area is 127 Å². The quantitative estimate of drug-likeness (QED) is 0.851. The Hall–Kier alpha value is -1.07. The fourth-order valence-electron chi connectivity index (χ4n) is 2.91. The van der Waals surface area contributed by atoms with Gasteiger partial charge in [-0.05, 0) is 75.1 Å². The molecule has 0 radical (unpaired) electrons. The Bertz CT molecular complexity index is 648. The second kappa shape index (κ2) is 4.99. The van der Waals surface area contributed by atoms with Gasteiger partial charge in [0.05, 0.1) is 4.90 Å². The molecule has 116 valence electrons. The smallest absolute Gasteiger partial charge is 0.243 e. The molecule has 0 atom stereocenters. The van der Waals surface area contributed by atoms with E-state index in [1.165, 1.54) is 0 Å². The van der Waals surface area contributed by atoms with Crippen LogP contribution in [0.3, 0.4) is 0 Å². The van der Waals surface area contributed by atoms with Gasteiger partial charge in [-0.15, -0.1) is 0 Å². The summed E-state index contributed by atoms with van der Waals surface area (Å²) in [5, 5.41) is 0. The molecule has 0 unspecified atom stereocenters. The van der Waals surface area contributed by atoms with Crippen molar-refractivity contribution in [3.05, 3.63) is 22.8 Å². The topological polar surface area (TPSA) is 63.4 Å². The van der Waals surface area contributed by atoms with Crippen molar-refractivity contribution in [1.82, 2.24) is 4.31 Å². The van der Waals surface area contributed by atoms with Gasteiger partial charge < -0.3 is 5.73 Å². The predicted molar refractivity (Wildman–Crippen MR) is 84.7 cm³/mol. The number of rotatable bonds is 5. The van der Waals surface area contributed by atoms with E-state index in [2.05, 4.69) is 0 Å². The molecule has 4 nitrogen and oxygen atoms in total. The third kappa shape index (κ3) is 2.69. The zero-order valence-electron chi connectivity index (χ0n) is 13.0. The Kier molecular flexibility index (Phi) is 3.53. The van der Waals surface area contributed by atoms with Crippen LogP contribution >= 0.6 is 0 Å². The Morgan fingerprint density at radius 2 is 1.76 bits per heavy atom. The molecule has 0 bridgehead atoms. The van der Waals surface area contributed by atoms with Crippen LogP contribution < -0.4 is 5.73 Å². The highest BCUT2D eigenvalue weighted by molar-refractivity contribution is 7.89. The summed E-state index contributed by atoms with van der Waals surface area (Å²) in [5.74, 6) is 0.558. The largest absolute Gasteiger partial charge is 0.398 e. The van der Waals surface area contributed by atoms with Gasteiger partial charge in [-0.3, -0.25) is 0 Å². The summed E-state index contributed by atoms with van der Waals surface area (Å²) in [6, 6.07) is 2.07. The molecule has 0 saturated heterocycles. The van der Waals surface area contributed by atoms with E-state index in [9.17, 15) is 8.42 Å². The van der Waals surface area contributed by atoms with Crippen LogP contribution in [0, 0.1) is 26.7 Å². The van der Waals surface area contributed by atoms with Gasteiger partial charge in [0, 0.05) is 18.3 Å². The van der Waals surface area contributed by atoms with Crippen LogP contribution in [-0.2, 0) is 10.0 Å². The zero-order valence-corrected chi connectivity index (χ0v) is 13.8. The molecule has 0 heterocycles. The Morgan fingerprint density at radius 1 is 1.14 bits per heavy atom. The number of hydrogen-bond donors (Lipinski definition) is 1. The maximum Gasteiger partial charge on any atom is 0.243 e. The van der Waals surface area contributed by atoms with E-state index in [1.807, 2.05) is 26.8 Å². The van der Waals surface area contributed by atoms with Crippen molar-refractivity contribution in [1.29, 1.82) is 0 Å². The van der Waals surface area contributed by atoms with Gasteiger partial charge in [-0.1, -0.05) is 0 Å². The van der Waals surface area contributed by atoms with Crippen LogP contribution in [0.1, 0.15) is 42.4 Å². The van der Waals surface area contributed by atoms with Crippen LogP contribution in [0.2, 0.25) is 0 Å². The minimum absolute atomic E-state index is 0.205. The van der Waals surface area contributed by atoms with Crippen LogP contribution in [-0.4, -0.2) is 25.3 Å². The number of aryl methyl sites for hydroxylation is 1. The van der Waals surface area contributed by atoms with E-state index in [1.54, 1.807) is 4.31 Å². The van der Waals surface area contributed by atoms with Crippen molar-refractivity contribution in [3.8, 4) is 0 Å². The lowest BCUT2D eigenvalue weighted by Crippen LogP contribution is -2.36. The molecule has 0 amide bonds. The van der Waals surface area contributed by atoms with Crippen molar-refractivity contribution in [2.24, 2.45) is 5.92 Å². The van der Waals surface area contributed by atoms with E-state index in [0.29, 0.717) is 28.6 Å². The lowest BCUT2D eigenvalue weighted by molar-refractivity contribution is 0.388. The summed E-state index contributed by atoms with van der Waals surface area (Å²) in [4.78, 5) is 0.438. The van der Waals surface area contributed by atoms with E-state index in [0.717, 1.165) is 36.8 Å². The first-order valence-electron chi connectivity index (χ1n) is 7.70. The normalized spacial score (nSPS) is 19.2. The number of sulfonamides is 1. The molecular weight excluding hydrogens is 284 g/mol. The molecule has 0 spiro atoms.